The van der Waals surface area contributed by atoms with Crippen LogP contribution in [0.25, 0.3) is 10.9 Å². The van der Waals surface area contributed by atoms with E-state index >= 15 is 0 Å². The summed E-state index contributed by atoms with van der Waals surface area (Å²) in [6.07, 6.45) is 4.81. The maximum absolute atomic E-state index is 13.3. The van der Waals surface area contributed by atoms with Crippen LogP contribution in [0, 0.1) is 12.8 Å². The largest absolute Gasteiger partial charge is 0.486 e. The van der Waals surface area contributed by atoms with E-state index in [2.05, 4.69) is 39.6 Å². The first kappa shape index (κ1) is 21.1. The highest BCUT2D eigenvalue weighted by Gasteiger charge is 2.26. The number of likely N-dealkylation sites (tertiary alicyclic amines) is 1. The van der Waals surface area contributed by atoms with Gasteiger partial charge in [0.25, 0.3) is 5.91 Å². The predicted octanol–water partition coefficient (Wildman–Crippen LogP) is 4.60. The van der Waals surface area contributed by atoms with Gasteiger partial charge in [-0.05, 0) is 61.9 Å². The summed E-state index contributed by atoms with van der Waals surface area (Å²) < 4.78 is 10.6. The van der Waals surface area contributed by atoms with Gasteiger partial charge in [-0.1, -0.05) is 40.6 Å². The average molecular weight is 443 g/mol. The van der Waals surface area contributed by atoms with Crippen LogP contribution in [0.1, 0.15) is 40.2 Å². The molecule has 0 N–H and O–H groups in total. The Hall–Kier alpha value is -3.74. The number of carbonyl (C=O) groups excluding carboxylic acids is 1. The Bertz CT molecular complexity index is 1260. The average Bonchev–Trinajstić information content (AvgIpc) is 3.28. The van der Waals surface area contributed by atoms with E-state index in [1.54, 1.807) is 0 Å². The lowest BCUT2D eigenvalue weighted by Gasteiger charge is -2.32. The maximum Gasteiger partial charge on any atom is 0.257 e. The van der Waals surface area contributed by atoms with Crippen LogP contribution in [-0.4, -0.2) is 39.2 Å². The lowest BCUT2D eigenvalue weighted by atomic mass is 9.88. The molecular weight excluding hydrogens is 416 g/mol. The Kier molecular flexibility index (Phi) is 6.02. The van der Waals surface area contributed by atoms with Gasteiger partial charge in [0.15, 0.2) is 0 Å². The first-order valence-corrected chi connectivity index (χ1v) is 11.3. The summed E-state index contributed by atoms with van der Waals surface area (Å²) in [4.78, 5) is 19.7. The Labute approximate surface area is 192 Å². The zero-order valence-electron chi connectivity index (χ0n) is 18.6. The first-order chi connectivity index (χ1) is 16.2. The van der Waals surface area contributed by atoms with Gasteiger partial charge in [0, 0.05) is 24.7 Å². The zero-order chi connectivity index (χ0) is 22.6. The van der Waals surface area contributed by atoms with Crippen LogP contribution >= 0.6 is 0 Å². The number of ether oxygens (including phenoxy) is 1. The third-order valence-corrected chi connectivity index (χ3v) is 6.37. The highest BCUT2D eigenvalue weighted by molar-refractivity contribution is 5.97. The number of benzene rings is 2. The quantitative estimate of drug-likeness (QED) is 0.434. The standard InChI is InChI=1S/C26H26N4O3/c1-18-24(29-33-28-18)17-32-25-10-3-2-7-22(25)26(31)30-14-11-19(12-15-30)16-20-6-4-9-23-21(20)8-5-13-27-23/h2-10,13,19H,11-12,14-17H2,1H3. The van der Waals surface area contributed by atoms with Gasteiger partial charge in [-0.25, -0.2) is 4.63 Å². The smallest absolute Gasteiger partial charge is 0.257 e. The molecule has 0 atom stereocenters. The van der Waals surface area contributed by atoms with Crippen molar-refractivity contribution in [2.75, 3.05) is 13.1 Å². The van der Waals surface area contributed by atoms with Gasteiger partial charge in [-0.3, -0.25) is 9.78 Å². The van der Waals surface area contributed by atoms with Gasteiger partial charge in [0.05, 0.1) is 11.1 Å². The molecule has 2 aromatic carbocycles. The molecule has 0 unspecified atom stereocenters. The molecule has 3 heterocycles. The maximum atomic E-state index is 13.3. The molecular formula is C26H26N4O3. The van der Waals surface area contributed by atoms with Crippen molar-refractivity contribution in [3.8, 4) is 5.75 Å². The lowest BCUT2D eigenvalue weighted by Crippen LogP contribution is -2.39. The molecule has 0 spiro atoms. The zero-order valence-corrected chi connectivity index (χ0v) is 18.6. The minimum absolute atomic E-state index is 0.00779. The van der Waals surface area contributed by atoms with Crippen LogP contribution in [0.4, 0.5) is 0 Å². The molecule has 2 aromatic heterocycles. The third kappa shape index (κ3) is 4.58. The fraction of sp³-hybridized carbons (Fsp3) is 0.308. The van der Waals surface area contributed by atoms with Crippen LogP contribution in [0.5, 0.6) is 5.75 Å². The number of hydrogen-bond acceptors (Lipinski definition) is 6. The summed E-state index contributed by atoms with van der Waals surface area (Å²) >= 11 is 0. The molecule has 1 saturated heterocycles. The van der Waals surface area contributed by atoms with Gasteiger partial charge in [-0.15, -0.1) is 0 Å². The number of carbonyl (C=O) groups is 1. The number of piperidine rings is 1. The molecule has 0 aliphatic carbocycles. The fourth-order valence-electron chi connectivity index (χ4n) is 4.46. The van der Waals surface area contributed by atoms with Crippen LogP contribution in [0.2, 0.25) is 0 Å². The summed E-state index contributed by atoms with van der Waals surface area (Å²) in [5, 5.41) is 8.84. The molecule has 1 aliphatic heterocycles. The molecule has 33 heavy (non-hydrogen) atoms. The summed E-state index contributed by atoms with van der Waals surface area (Å²) in [5.74, 6) is 1.11. The van der Waals surface area contributed by atoms with E-state index in [0.717, 1.165) is 37.9 Å². The lowest BCUT2D eigenvalue weighted by molar-refractivity contribution is 0.0685. The van der Waals surface area contributed by atoms with Crippen molar-refractivity contribution in [1.29, 1.82) is 0 Å². The molecule has 5 rings (SSSR count). The Morgan fingerprint density at radius 3 is 2.73 bits per heavy atom. The highest BCUT2D eigenvalue weighted by Crippen LogP contribution is 2.28. The summed E-state index contributed by atoms with van der Waals surface area (Å²) in [7, 11) is 0. The number of amides is 1. The van der Waals surface area contributed by atoms with Crippen molar-refractivity contribution < 1.29 is 14.2 Å². The van der Waals surface area contributed by atoms with Crippen molar-refractivity contribution in [2.24, 2.45) is 5.92 Å². The second-order valence-electron chi connectivity index (χ2n) is 8.51. The number of fused-ring (bicyclic) bond motifs is 1. The number of para-hydroxylation sites is 1. The van der Waals surface area contributed by atoms with E-state index < -0.39 is 0 Å². The van der Waals surface area contributed by atoms with E-state index in [1.165, 1.54) is 10.9 Å². The number of nitrogens with zero attached hydrogens (tertiary/aromatic N) is 4. The highest BCUT2D eigenvalue weighted by atomic mass is 16.6. The molecule has 7 nitrogen and oxygen atoms in total. The van der Waals surface area contributed by atoms with Crippen molar-refractivity contribution in [3.63, 3.8) is 0 Å². The molecule has 1 fully saturated rings. The minimum atomic E-state index is 0.00779. The molecule has 0 radical (unpaired) electrons. The molecule has 1 amide bonds. The van der Waals surface area contributed by atoms with Gasteiger partial charge in [0.2, 0.25) is 0 Å². The fourth-order valence-corrected chi connectivity index (χ4v) is 4.46. The van der Waals surface area contributed by atoms with Crippen molar-refractivity contribution in [2.45, 2.75) is 32.8 Å². The molecule has 168 valence electrons. The van der Waals surface area contributed by atoms with Gasteiger partial charge < -0.3 is 9.64 Å². The van der Waals surface area contributed by atoms with E-state index in [9.17, 15) is 4.79 Å². The molecule has 1 aliphatic rings. The predicted molar refractivity (Wildman–Crippen MR) is 124 cm³/mol. The van der Waals surface area contributed by atoms with E-state index in [0.29, 0.717) is 28.6 Å². The van der Waals surface area contributed by atoms with Crippen LogP contribution in [0.15, 0.2) is 65.4 Å². The number of aromatic nitrogens is 3. The topological polar surface area (TPSA) is 81.3 Å². The Morgan fingerprint density at radius 1 is 1.06 bits per heavy atom. The minimum Gasteiger partial charge on any atom is -0.486 e. The Balaban J connectivity index is 1.22. The Morgan fingerprint density at radius 2 is 1.91 bits per heavy atom. The normalized spacial score (nSPS) is 14.5. The number of aryl methyl sites for hydroxylation is 1. The summed E-state index contributed by atoms with van der Waals surface area (Å²) in [6, 6.07) is 17.8. The molecule has 0 bridgehead atoms. The summed E-state index contributed by atoms with van der Waals surface area (Å²) in [6.45, 7) is 3.51. The van der Waals surface area contributed by atoms with Gasteiger partial charge >= 0.3 is 0 Å². The monoisotopic (exact) mass is 442 g/mol. The van der Waals surface area contributed by atoms with Crippen LogP contribution < -0.4 is 4.74 Å². The molecule has 0 saturated carbocycles. The molecule has 7 heteroatoms. The SMILES string of the molecule is Cc1nonc1COc1ccccc1C(=O)N1CCC(Cc2cccc3ncccc23)CC1. The van der Waals surface area contributed by atoms with Crippen molar-refractivity contribution in [3.05, 3.63) is 83.3 Å². The summed E-state index contributed by atoms with van der Waals surface area (Å²) in [5.41, 5.74) is 4.26. The van der Waals surface area contributed by atoms with Crippen molar-refractivity contribution in [1.82, 2.24) is 20.2 Å². The van der Waals surface area contributed by atoms with Crippen molar-refractivity contribution >= 4 is 16.8 Å². The second kappa shape index (κ2) is 9.40. The number of rotatable bonds is 6. The third-order valence-electron chi connectivity index (χ3n) is 6.37. The second-order valence-corrected chi connectivity index (χ2v) is 8.51. The first-order valence-electron chi connectivity index (χ1n) is 11.3. The van der Waals surface area contributed by atoms with Gasteiger partial charge in [-0.2, -0.15) is 0 Å². The van der Waals surface area contributed by atoms with Crippen LogP contribution in [-0.2, 0) is 13.0 Å². The van der Waals surface area contributed by atoms with Gasteiger partial charge in [0.1, 0.15) is 23.7 Å². The number of pyridine rings is 1. The number of hydrogen-bond donors (Lipinski definition) is 0. The van der Waals surface area contributed by atoms with Crippen LogP contribution in [0.3, 0.4) is 0 Å². The van der Waals surface area contributed by atoms with E-state index in [1.807, 2.05) is 48.4 Å². The van der Waals surface area contributed by atoms with E-state index in [4.69, 9.17) is 9.37 Å². The molecule has 4 aromatic rings. The van der Waals surface area contributed by atoms with E-state index in [-0.39, 0.29) is 12.5 Å².